The van der Waals surface area contributed by atoms with Gasteiger partial charge in [0.25, 0.3) is 0 Å². The first kappa shape index (κ1) is 15.4. The Hall–Kier alpha value is 0.390. The minimum atomic E-state index is 0.726. The van der Waals surface area contributed by atoms with Gasteiger partial charge in [0.2, 0.25) is 0 Å². The van der Waals surface area contributed by atoms with E-state index in [1.807, 2.05) is 0 Å². The Kier molecular flexibility index (Phi) is 9.85. The molecule has 0 saturated carbocycles. The smallest absolute Gasteiger partial charge is 0.00714 e. The monoisotopic (exact) mass is 231 g/mol. The standard InChI is InChI=1S/C13H30NP/c1-4-6-12(5-2)9-11(3)10-13(15)7-8-14/h11-13H,4-10,14-15H2,1-3H3. The zero-order valence-electron chi connectivity index (χ0n) is 10.8. The lowest BCUT2D eigenvalue weighted by Crippen LogP contribution is -2.13. The van der Waals surface area contributed by atoms with Gasteiger partial charge in [-0.25, -0.2) is 0 Å². The molecule has 0 aromatic rings. The summed E-state index contributed by atoms with van der Waals surface area (Å²) in [7, 11) is 2.95. The van der Waals surface area contributed by atoms with Crippen LogP contribution in [0.1, 0.15) is 59.3 Å². The Morgan fingerprint density at radius 1 is 1.13 bits per heavy atom. The molecule has 0 amide bonds. The summed E-state index contributed by atoms with van der Waals surface area (Å²) < 4.78 is 0. The fourth-order valence-electron chi connectivity index (χ4n) is 2.41. The lowest BCUT2D eigenvalue weighted by atomic mass is 9.87. The summed E-state index contributed by atoms with van der Waals surface area (Å²) >= 11 is 0. The van der Waals surface area contributed by atoms with Gasteiger partial charge in [-0.1, -0.05) is 40.0 Å². The fourth-order valence-corrected chi connectivity index (χ4v) is 3.07. The van der Waals surface area contributed by atoms with Crippen LogP contribution in [0.25, 0.3) is 0 Å². The zero-order valence-corrected chi connectivity index (χ0v) is 12.0. The van der Waals surface area contributed by atoms with E-state index in [-0.39, 0.29) is 0 Å². The Labute approximate surface area is 98.8 Å². The zero-order chi connectivity index (χ0) is 11.7. The van der Waals surface area contributed by atoms with Crippen molar-refractivity contribution in [2.75, 3.05) is 6.54 Å². The molecule has 0 heterocycles. The number of hydrogen-bond acceptors (Lipinski definition) is 1. The summed E-state index contributed by atoms with van der Waals surface area (Å²) in [5.41, 5.74) is 6.29. The Morgan fingerprint density at radius 2 is 1.80 bits per heavy atom. The maximum absolute atomic E-state index is 5.57. The van der Waals surface area contributed by atoms with Crippen molar-refractivity contribution in [2.45, 2.75) is 65.0 Å². The van der Waals surface area contributed by atoms with Crippen LogP contribution < -0.4 is 5.73 Å². The highest BCUT2D eigenvalue weighted by Crippen LogP contribution is 2.26. The van der Waals surface area contributed by atoms with Crippen molar-refractivity contribution < 1.29 is 0 Å². The van der Waals surface area contributed by atoms with Crippen LogP contribution in [0.3, 0.4) is 0 Å². The van der Waals surface area contributed by atoms with E-state index >= 15 is 0 Å². The molecular formula is C13H30NP. The van der Waals surface area contributed by atoms with Crippen molar-refractivity contribution in [3.63, 3.8) is 0 Å². The average Bonchev–Trinajstić information content (AvgIpc) is 2.17. The first-order chi connectivity index (χ1) is 7.13. The van der Waals surface area contributed by atoms with E-state index in [9.17, 15) is 0 Å². The number of nitrogens with two attached hydrogens (primary N) is 1. The molecule has 4 unspecified atom stereocenters. The van der Waals surface area contributed by atoms with Gasteiger partial charge in [-0.3, -0.25) is 0 Å². The normalized spacial score (nSPS) is 17.4. The number of hydrogen-bond donors (Lipinski definition) is 1. The molecule has 1 nitrogen and oxygen atoms in total. The molecule has 15 heavy (non-hydrogen) atoms. The Balaban J connectivity index is 3.73. The van der Waals surface area contributed by atoms with Gasteiger partial charge >= 0.3 is 0 Å². The molecule has 0 aliphatic heterocycles. The van der Waals surface area contributed by atoms with E-state index in [4.69, 9.17) is 5.73 Å². The molecule has 0 saturated heterocycles. The minimum absolute atomic E-state index is 0.726. The van der Waals surface area contributed by atoms with Crippen LogP contribution in [-0.4, -0.2) is 12.2 Å². The largest absolute Gasteiger partial charge is 0.330 e. The average molecular weight is 231 g/mol. The van der Waals surface area contributed by atoms with Crippen molar-refractivity contribution >= 4 is 9.24 Å². The third-order valence-corrected chi connectivity index (χ3v) is 3.86. The maximum Gasteiger partial charge on any atom is -0.00714 e. The van der Waals surface area contributed by atoms with Crippen LogP contribution in [-0.2, 0) is 0 Å². The van der Waals surface area contributed by atoms with Crippen molar-refractivity contribution in [1.82, 2.24) is 0 Å². The predicted molar refractivity (Wildman–Crippen MR) is 74.3 cm³/mol. The van der Waals surface area contributed by atoms with Gasteiger partial charge in [0.05, 0.1) is 0 Å². The molecule has 0 bridgehead atoms. The van der Waals surface area contributed by atoms with E-state index in [1.54, 1.807) is 0 Å². The second-order valence-electron chi connectivity index (χ2n) is 4.98. The highest BCUT2D eigenvalue weighted by molar-refractivity contribution is 7.17. The van der Waals surface area contributed by atoms with Gasteiger partial charge < -0.3 is 5.73 Å². The summed E-state index contributed by atoms with van der Waals surface area (Å²) in [5.74, 6) is 1.80. The van der Waals surface area contributed by atoms with Gasteiger partial charge in [-0.2, -0.15) is 0 Å². The van der Waals surface area contributed by atoms with Gasteiger partial charge in [0.15, 0.2) is 0 Å². The lowest BCUT2D eigenvalue weighted by molar-refractivity contribution is 0.341. The summed E-state index contributed by atoms with van der Waals surface area (Å²) in [6, 6.07) is 0. The van der Waals surface area contributed by atoms with Crippen molar-refractivity contribution in [3.05, 3.63) is 0 Å². The van der Waals surface area contributed by atoms with E-state index in [1.165, 1.54) is 32.1 Å². The first-order valence-electron chi connectivity index (χ1n) is 6.59. The molecule has 0 aliphatic rings. The molecule has 4 atom stereocenters. The van der Waals surface area contributed by atoms with Crippen LogP contribution >= 0.6 is 9.24 Å². The van der Waals surface area contributed by atoms with Gasteiger partial charge in [-0.05, 0) is 43.3 Å². The van der Waals surface area contributed by atoms with Crippen LogP contribution in [0.5, 0.6) is 0 Å². The molecule has 0 aromatic carbocycles. The molecule has 92 valence electrons. The van der Waals surface area contributed by atoms with Gasteiger partial charge in [0.1, 0.15) is 0 Å². The summed E-state index contributed by atoms with van der Waals surface area (Å²) in [6.07, 6.45) is 7.95. The highest BCUT2D eigenvalue weighted by atomic mass is 31.0. The molecule has 2 N–H and O–H groups in total. The van der Waals surface area contributed by atoms with Crippen molar-refractivity contribution in [2.24, 2.45) is 17.6 Å². The topological polar surface area (TPSA) is 26.0 Å². The minimum Gasteiger partial charge on any atom is -0.330 e. The predicted octanol–water partition coefficient (Wildman–Crippen LogP) is 3.82. The second-order valence-corrected chi connectivity index (χ2v) is 5.92. The Bertz CT molecular complexity index is 138. The third-order valence-electron chi connectivity index (χ3n) is 3.25. The highest BCUT2D eigenvalue weighted by Gasteiger charge is 2.13. The quantitative estimate of drug-likeness (QED) is 0.600. The summed E-state index contributed by atoms with van der Waals surface area (Å²) in [6.45, 7) is 7.84. The van der Waals surface area contributed by atoms with Crippen LogP contribution in [0.2, 0.25) is 0 Å². The van der Waals surface area contributed by atoms with Crippen molar-refractivity contribution in [3.8, 4) is 0 Å². The molecule has 2 heteroatoms. The lowest BCUT2D eigenvalue weighted by Gasteiger charge is -2.21. The molecule has 0 aromatic heterocycles. The van der Waals surface area contributed by atoms with Crippen LogP contribution in [0.4, 0.5) is 0 Å². The van der Waals surface area contributed by atoms with Crippen molar-refractivity contribution in [1.29, 1.82) is 0 Å². The van der Waals surface area contributed by atoms with Gasteiger partial charge in [-0.15, -0.1) is 9.24 Å². The maximum atomic E-state index is 5.57. The summed E-state index contributed by atoms with van der Waals surface area (Å²) in [5, 5.41) is 0. The molecule has 0 spiro atoms. The molecule has 0 fully saturated rings. The third kappa shape index (κ3) is 8.22. The second kappa shape index (κ2) is 9.60. The Morgan fingerprint density at radius 3 is 2.27 bits per heavy atom. The van der Waals surface area contributed by atoms with E-state index in [2.05, 4.69) is 30.0 Å². The van der Waals surface area contributed by atoms with E-state index in [0.29, 0.717) is 0 Å². The van der Waals surface area contributed by atoms with Crippen LogP contribution in [0, 0.1) is 11.8 Å². The summed E-state index contributed by atoms with van der Waals surface area (Å²) in [4.78, 5) is 0. The molecule has 0 rings (SSSR count). The fraction of sp³-hybridized carbons (Fsp3) is 1.00. The molecule has 0 radical (unpaired) electrons. The number of rotatable bonds is 9. The SMILES string of the molecule is CCCC(CC)CC(C)CC(P)CCN. The van der Waals surface area contributed by atoms with Crippen LogP contribution in [0.15, 0.2) is 0 Å². The van der Waals surface area contributed by atoms with E-state index in [0.717, 1.165) is 30.5 Å². The molecular weight excluding hydrogens is 201 g/mol. The van der Waals surface area contributed by atoms with E-state index < -0.39 is 0 Å². The first-order valence-corrected chi connectivity index (χ1v) is 7.26. The van der Waals surface area contributed by atoms with Gasteiger partial charge in [0, 0.05) is 0 Å². The molecule has 0 aliphatic carbocycles.